The van der Waals surface area contributed by atoms with E-state index in [-0.39, 0.29) is 0 Å². The van der Waals surface area contributed by atoms with Crippen molar-refractivity contribution < 1.29 is 0 Å². The molecule has 1 unspecified atom stereocenters. The van der Waals surface area contributed by atoms with Crippen LogP contribution in [0.1, 0.15) is 38.3 Å². The van der Waals surface area contributed by atoms with Crippen molar-refractivity contribution in [1.82, 2.24) is 25.5 Å². The molecule has 3 aromatic rings. The number of piperidine rings is 1. The van der Waals surface area contributed by atoms with Crippen LogP contribution in [0.4, 0.5) is 17.5 Å². The molecule has 1 aliphatic rings. The molecule has 0 bridgehead atoms. The number of aryl methyl sites for hydroxylation is 1. The number of unbranched alkanes of at least 4 members (excludes halogenated alkanes) is 1. The van der Waals surface area contributed by atoms with Crippen molar-refractivity contribution in [2.24, 2.45) is 0 Å². The van der Waals surface area contributed by atoms with Crippen molar-refractivity contribution in [3.8, 4) is 0 Å². The quantitative estimate of drug-likeness (QED) is 0.582. The predicted octanol–water partition coefficient (Wildman–Crippen LogP) is 3.63. The van der Waals surface area contributed by atoms with Crippen molar-refractivity contribution in [3.05, 3.63) is 36.2 Å². The summed E-state index contributed by atoms with van der Waals surface area (Å²) in [5, 5.41) is 15.0. The molecule has 0 radical (unpaired) electrons. The largest absolute Gasteiger partial charge is 0.355 e. The molecule has 1 aromatic carbocycles. The smallest absolute Gasteiger partial charge is 0.229 e. The molecule has 0 spiro atoms. The van der Waals surface area contributed by atoms with Gasteiger partial charge in [-0.1, -0.05) is 13.3 Å². The number of H-pyrrole nitrogens is 1. The zero-order valence-corrected chi connectivity index (χ0v) is 16.7. The van der Waals surface area contributed by atoms with Crippen LogP contribution in [0, 0.1) is 0 Å². The summed E-state index contributed by atoms with van der Waals surface area (Å²) in [5.74, 6) is 1.68. The highest BCUT2D eigenvalue weighted by Crippen LogP contribution is 2.24. The van der Waals surface area contributed by atoms with Crippen LogP contribution >= 0.6 is 0 Å². The summed E-state index contributed by atoms with van der Waals surface area (Å²) in [6, 6.07) is 8.81. The van der Waals surface area contributed by atoms with Gasteiger partial charge in [-0.05, 0) is 50.9 Å². The first-order valence-electron chi connectivity index (χ1n) is 10.3. The molecule has 1 saturated heterocycles. The molecule has 3 heterocycles. The summed E-state index contributed by atoms with van der Waals surface area (Å²) in [7, 11) is 2.04. The lowest BCUT2D eigenvalue weighted by Crippen LogP contribution is -2.44. The van der Waals surface area contributed by atoms with Gasteiger partial charge in [-0.3, -0.25) is 5.10 Å². The molecule has 7 nitrogen and oxygen atoms in total. The fraction of sp³-hybridized carbons (Fsp3) is 0.476. The molecular weight excluding hydrogens is 350 g/mol. The van der Waals surface area contributed by atoms with Gasteiger partial charge in [0.2, 0.25) is 5.95 Å². The number of nitrogens with zero attached hydrogens (tertiary/aromatic N) is 4. The first kappa shape index (κ1) is 18.7. The Morgan fingerprint density at radius 3 is 3.04 bits per heavy atom. The van der Waals surface area contributed by atoms with E-state index in [2.05, 4.69) is 38.7 Å². The van der Waals surface area contributed by atoms with E-state index in [1.807, 2.05) is 31.4 Å². The van der Waals surface area contributed by atoms with E-state index in [9.17, 15) is 0 Å². The second-order valence-electron chi connectivity index (χ2n) is 7.52. The van der Waals surface area contributed by atoms with Crippen molar-refractivity contribution >= 4 is 28.4 Å². The van der Waals surface area contributed by atoms with E-state index >= 15 is 0 Å². The van der Waals surface area contributed by atoms with E-state index in [1.165, 1.54) is 12.8 Å². The van der Waals surface area contributed by atoms with E-state index in [1.54, 1.807) is 0 Å². The van der Waals surface area contributed by atoms with Gasteiger partial charge in [0, 0.05) is 42.0 Å². The number of hydrogen-bond donors (Lipinski definition) is 3. The number of fused-ring (bicyclic) bond motifs is 1. The Morgan fingerprint density at radius 1 is 1.25 bits per heavy atom. The van der Waals surface area contributed by atoms with Crippen LogP contribution in [0.15, 0.2) is 30.5 Å². The van der Waals surface area contributed by atoms with Gasteiger partial charge in [0.1, 0.15) is 5.82 Å². The Morgan fingerprint density at radius 2 is 2.18 bits per heavy atom. The summed E-state index contributed by atoms with van der Waals surface area (Å²) >= 11 is 0. The Bertz CT molecular complexity index is 920. The van der Waals surface area contributed by atoms with E-state index in [0.717, 1.165) is 60.5 Å². The van der Waals surface area contributed by atoms with Gasteiger partial charge in [0.15, 0.2) is 0 Å². The van der Waals surface area contributed by atoms with Crippen molar-refractivity contribution in [2.45, 2.75) is 45.1 Å². The fourth-order valence-corrected chi connectivity index (χ4v) is 3.75. The lowest BCUT2D eigenvalue weighted by Gasteiger charge is -2.33. The number of aromatic nitrogens is 4. The van der Waals surface area contributed by atoms with Gasteiger partial charge in [0.05, 0.1) is 11.7 Å². The SMILES string of the molecule is CCCCc1cc(N2CCCC(NC)C2)nc(Nc2ccc3cn[nH]c3c2)n1. The second kappa shape index (κ2) is 8.56. The molecule has 0 aliphatic carbocycles. The lowest BCUT2D eigenvalue weighted by atomic mass is 10.1. The van der Waals surface area contributed by atoms with Crippen molar-refractivity contribution in [1.29, 1.82) is 0 Å². The molecule has 4 rings (SSSR count). The maximum absolute atomic E-state index is 4.85. The Kier molecular flexibility index (Phi) is 5.71. The third-order valence-electron chi connectivity index (χ3n) is 5.40. The van der Waals surface area contributed by atoms with E-state index < -0.39 is 0 Å². The molecule has 7 heteroatoms. The molecule has 1 fully saturated rings. The molecule has 1 aliphatic heterocycles. The standard InChI is InChI=1S/C21H29N7/c1-3-4-6-16-12-20(28-10-5-7-18(14-28)22-2)26-21(24-16)25-17-9-8-15-13-23-27-19(15)11-17/h8-9,11-13,18,22H,3-7,10,14H2,1-2H3,(H,23,27)(H,24,25,26). The summed E-state index contributed by atoms with van der Waals surface area (Å²) in [6.07, 6.45) is 7.49. The highest BCUT2D eigenvalue weighted by molar-refractivity contribution is 5.82. The second-order valence-corrected chi connectivity index (χ2v) is 7.52. The third-order valence-corrected chi connectivity index (χ3v) is 5.40. The van der Waals surface area contributed by atoms with Crippen LogP contribution in [-0.4, -0.2) is 46.3 Å². The van der Waals surface area contributed by atoms with E-state index in [0.29, 0.717) is 12.0 Å². The molecule has 3 N–H and O–H groups in total. The van der Waals surface area contributed by atoms with Gasteiger partial charge < -0.3 is 15.5 Å². The highest BCUT2D eigenvalue weighted by Gasteiger charge is 2.20. The number of anilines is 3. The average molecular weight is 380 g/mol. The molecule has 1 atom stereocenters. The van der Waals surface area contributed by atoms with Gasteiger partial charge in [-0.25, -0.2) is 4.98 Å². The molecule has 148 valence electrons. The van der Waals surface area contributed by atoms with Gasteiger partial charge in [-0.2, -0.15) is 10.1 Å². The van der Waals surface area contributed by atoms with E-state index in [4.69, 9.17) is 9.97 Å². The average Bonchev–Trinajstić information content (AvgIpc) is 3.20. The minimum absolute atomic E-state index is 0.516. The summed E-state index contributed by atoms with van der Waals surface area (Å²) < 4.78 is 0. The number of rotatable bonds is 7. The van der Waals surface area contributed by atoms with Crippen molar-refractivity contribution in [3.63, 3.8) is 0 Å². The molecule has 0 amide bonds. The third kappa shape index (κ3) is 4.25. The minimum atomic E-state index is 0.516. The topological polar surface area (TPSA) is 81.8 Å². The van der Waals surface area contributed by atoms with Crippen LogP contribution in [0.3, 0.4) is 0 Å². The number of benzene rings is 1. The molecule has 2 aromatic heterocycles. The summed E-state index contributed by atoms with van der Waals surface area (Å²) in [4.78, 5) is 12.0. The van der Waals surface area contributed by atoms with Gasteiger partial charge >= 0.3 is 0 Å². The fourth-order valence-electron chi connectivity index (χ4n) is 3.75. The minimum Gasteiger partial charge on any atom is -0.355 e. The zero-order chi connectivity index (χ0) is 19.3. The van der Waals surface area contributed by atoms with Crippen molar-refractivity contribution in [2.75, 3.05) is 30.4 Å². The first-order chi connectivity index (χ1) is 13.7. The molecule has 0 saturated carbocycles. The van der Waals surface area contributed by atoms with Gasteiger partial charge in [-0.15, -0.1) is 0 Å². The normalized spacial score (nSPS) is 17.2. The maximum atomic E-state index is 4.85. The summed E-state index contributed by atoms with van der Waals surface area (Å²) in [6.45, 7) is 4.24. The number of nitrogens with one attached hydrogen (secondary N) is 3. The van der Waals surface area contributed by atoms with Crippen LogP contribution < -0.4 is 15.5 Å². The number of hydrogen-bond acceptors (Lipinski definition) is 6. The maximum Gasteiger partial charge on any atom is 0.229 e. The predicted molar refractivity (Wildman–Crippen MR) is 114 cm³/mol. The zero-order valence-electron chi connectivity index (χ0n) is 16.7. The van der Waals surface area contributed by atoms with Crippen LogP contribution in [0.2, 0.25) is 0 Å². The molecular formula is C21H29N7. The molecule has 28 heavy (non-hydrogen) atoms. The number of likely N-dealkylation sites (N-methyl/N-ethyl adjacent to an activating group) is 1. The van der Waals surface area contributed by atoms with Crippen LogP contribution in [0.25, 0.3) is 10.9 Å². The lowest BCUT2D eigenvalue weighted by molar-refractivity contribution is 0.447. The van der Waals surface area contributed by atoms with Crippen LogP contribution in [-0.2, 0) is 6.42 Å². The Balaban J connectivity index is 1.61. The monoisotopic (exact) mass is 379 g/mol. The summed E-state index contributed by atoms with van der Waals surface area (Å²) in [5.41, 5.74) is 3.06. The van der Waals surface area contributed by atoms with Gasteiger partial charge in [0.25, 0.3) is 0 Å². The first-order valence-corrected chi connectivity index (χ1v) is 10.3. The number of aromatic amines is 1. The highest BCUT2D eigenvalue weighted by atomic mass is 15.2. The van der Waals surface area contributed by atoms with Crippen LogP contribution in [0.5, 0.6) is 0 Å². The Hall–Kier alpha value is -2.67. The Labute approximate surface area is 166 Å².